The zero-order valence-electron chi connectivity index (χ0n) is 12.2. The standard InChI is InChI=1S/C16H17N3OS/c1-3-6-14-18-15(20-19-14)10-21-16-9-11(2)12-7-4-5-8-13(12)17-16/h4-5,7-9H,3,6,10H2,1-2H3. The highest BCUT2D eigenvalue weighted by Gasteiger charge is 2.08. The van der Waals surface area contributed by atoms with E-state index < -0.39 is 0 Å². The van der Waals surface area contributed by atoms with E-state index in [9.17, 15) is 0 Å². The topological polar surface area (TPSA) is 51.8 Å². The Kier molecular flexibility index (Phi) is 4.20. The van der Waals surface area contributed by atoms with E-state index >= 15 is 0 Å². The summed E-state index contributed by atoms with van der Waals surface area (Å²) in [5, 5.41) is 6.15. The van der Waals surface area contributed by atoms with Crippen molar-refractivity contribution < 1.29 is 4.52 Å². The van der Waals surface area contributed by atoms with Crippen molar-refractivity contribution in [1.29, 1.82) is 0 Å². The van der Waals surface area contributed by atoms with Gasteiger partial charge in [0.25, 0.3) is 0 Å². The molecule has 0 aliphatic carbocycles. The van der Waals surface area contributed by atoms with Crippen LogP contribution in [0.25, 0.3) is 10.9 Å². The van der Waals surface area contributed by atoms with E-state index in [1.54, 1.807) is 11.8 Å². The van der Waals surface area contributed by atoms with Gasteiger partial charge in [0.15, 0.2) is 5.82 Å². The molecule has 0 aliphatic rings. The largest absolute Gasteiger partial charge is 0.338 e. The molecule has 3 rings (SSSR count). The van der Waals surface area contributed by atoms with Gasteiger partial charge in [-0.25, -0.2) is 4.98 Å². The Balaban J connectivity index is 1.75. The third-order valence-corrected chi connectivity index (χ3v) is 4.12. The van der Waals surface area contributed by atoms with Crippen LogP contribution in [0.2, 0.25) is 0 Å². The van der Waals surface area contributed by atoms with Crippen LogP contribution in [0.1, 0.15) is 30.6 Å². The zero-order valence-corrected chi connectivity index (χ0v) is 13.0. The second kappa shape index (κ2) is 6.26. The van der Waals surface area contributed by atoms with Gasteiger partial charge in [-0.05, 0) is 31.0 Å². The molecule has 0 aliphatic heterocycles. The van der Waals surface area contributed by atoms with Crippen LogP contribution in [0.15, 0.2) is 39.9 Å². The van der Waals surface area contributed by atoms with Crippen LogP contribution in [-0.4, -0.2) is 15.1 Å². The molecule has 0 saturated carbocycles. The highest BCUT2D eigenvalue weighted by atomic mass is 32.2. The number of aromatic nitrogens is 3. The monoisotopic (exact) mass is 299 g/mol. The molecular weight excluding hydrogens is 282 g/mol. The number of hydrogen-bond acceptors (Lipinski definition) is 5. The summed E-state index contributed by atoms with van der Waals surface area (Å²) in [6, 6.07) is 10.3. The molecule has 0 unspecified atom stereocenters. The number of benzene rings is 1. The first-order valence-electron chi connectivity index (χ1n) is 7.07. The lowest BCUT2D eigenvalue weighted by Gasteiger charge is -2.04. The first-order chi connectivity index (χ1) is 10.3. The SMILES string of the molecule is CCCc1noc(CSc2cc(C)c3ccccc3n2)n1. The fraction of sp³-hybridized carbons (Fsp3) is 0.312. The molecular formula is C16H17N3OS. The van der Waals surface area contributed by atoms with Gasteiger partial charge in [0.2, 0.25) is 5.89 Å². The molecule has 0 saturated heterocycles. The van der Waals surface area contributed by atoms with Crippen molar-refractivity contribution in [3.8, 4) is 0 Å². The Labute approximate surface area is 128 Å². The molecule has 0 bridgehead atoms. The van der Waals surface area contributed by atoms with Gasteiger partial charge in [-0.3, -0.25) is 0 Å². The molecule has 4 nitrogen and oxygen atoms in total. The lowest BCUT2D eigenvalue weighted by molar-refractivity contribution is 0.384. The fourth-order valence-corrected chi connectivity index (χ4v) is 3.01. The first kappa shape index (κ1) is 14.1. The molecule has 2 heterocycles. The number of nitrogens with zero attached hydrogens (tertiary/aromatic N) is 3. The summed E-state index contributed by atoms with van der Waals surface area (Å²) < 4.78 is 5.25. The molecule has 0 amide bonds. The number of thioether (sulfide) groups is 1. The van der Waals surface area contributed by atoms with Crippen molar-refractivity contribution in [2.24, 2.45) is 0 Å². The summed E-state index contributed by atoms with van der Waals surface area (Å²) in [5.74, 6) is 2.11. The maximum Gasteiger partial charge on any atom is 0.237 e. The maximum absolute atomic E-state index is 5.25. The number of rotatable bonds is 5. The van der Waals surface area contributed by atoms with E-state index in [4.69, 9.17) is 4.52 Å². The normalized spacial score (nSPS) is 11.1. The molecule has 1 aromatic carbocycles. The molecule has 0 fully saturated rings. The maximum atomic E-state index is 5.25. The van der Waals surface area contributed by atoms with Crippen molar-refractivity contribution in [2.75, 3.05) is 0 Å². The Morgan fingerprint density at radius 1 is 1.19 bits per heavy atom. The van der Waals surface area contributed by atoms with Gasteiger partial charge in [-0.15, -0.1) is 0 Å². The van der Waals surface area contributed by atoms with Gasteiger partial charge in [0.1, 0.15) is 0 Å². The Morgan fingerprint density at radius 3 is 2.90 bits per heavy atom. The minimum atomic E-state index is 0.654. The summed E-state index contributed by atoms with van der Waals surface area (Å²) in [6.45, 7) is 4.21. The summed E-state index contributed by atoms with van der Waals surface area (Å²) in [7, 11) is 0. The molecule has 108 valence electrons. The average molecular weight is 299 g/mol. The predicted molar refractivity (Wildman–Crippen MR) is 84.3 cm³/mol. The number of aryl methyl sites for hydroxylation is 2. The van der Waals surface area contributed by atoms with Gasteiger partial charge in [-0.1, -0.05) is 42.0 Å². The van der Waals surface area contributed by atoms with Crippen LogP contribution >= 0.6 is 11.8 Å². The van der Waals surface area contributed by atoms with Crippen LogP contribution in [-0.2, 0) is 12.2 Å². The van der Waals surface area contributed by atoms with Crippen LogP contribution < -0.4 is 0 Å². The molecule has 0 radical (unpaired) electrons. The minimum absolute atomic E-state index is 0.654. The first-order valence-corrected chi connectivity index (χ1v) is 8.05. The summed E-state index contributed by atoms with van der Waals surface area (Å²) in [5.41, 5.74) is 2.26. The van der Waals surface area contributed by atoms with Crippen LogP contribution in [0.5, 0.6) is 0 Å². The van der Waals surface area contributed by atoms with Crippen molar-refractivity contribution in [1.82, 2.24) is 15.1 Å². The highest BCUT2D eigenvalue weighted by Crippen LogP contribution is 2.25. The lowest BCUT2D eigenvalue weighted by Crippen LogP contribution is -1.89. The third kappa shape index (κ3) is 3.24. The van der Waals surface area contributed by atoms with E-state index in [1.807, 2.05) is 18.2 Å². The van der Waals surface area contributed by atoms with Gasteiger partial charge in [0, 0.05) is 11.8 Å². The van der Waals surface area contributed by atoms with Crippen LogP contribution in [0, 0.1) is 6.92 Å². The van der Waals surface area contributed by atoms with Crippen molar-refractivity contribution in [3.63, 3.8) is 0 Å². The number of para-hydroxylation sites is 1. The quantitative estimate of drug-likeness (QED) is 0.662. The molecule has 0 spiro atoms. The van der Waals surface area contributed by atoms with E-state index in [-0.39, 0.29) is 0 Å². The average Bonchev–Trinajstić information content (AvgIpc) is 2.93. The number of pyridine rings is 1. The van der Waals surface area contributed by atoms with E-state index in [0.717, 1.165) is 29.2 Å². The summed E-state index contributed by atoms with van der Waals surface area (Å²) >= 11 is 1.63. The lowest BCUT2D eigenvalue weighted by atomic mass is 10.1. The van der Waals surface area contributed by atoms with E-state index in [1.165, 1.54) is 10.9 Å². The molecule has 21 heavy (non-hydrogen) atoms. The molecule has 2 aromatic heterocycles. The zero-order chi connectivity index (χ0) is 14.7. The second-order valence-corrected chi connectivity index (χ2v) is 5.93. The van der Waals surface area contributed by atoms with Gasteiger partial charge in [0.05, 0.1) is 16.3 Å². The molecule has 5 heteroatoms. The summed E-state index contributed by atoms with van der Waals surface area (Å²) in [6.07, 6.45) is 1.89. The van der Waals surface area contributed by atoms with E-state index in [2.05, 4.69) is 41.1 Å². The highest BCUT2D eigenvalue weighted by molar-refractivity contribution is 7.98. The molecule has 0 N–H and O–H groups in total. The minimum Gasteiger partial charge on any atom is -0.338 e. The number of fused-ring (bicyclic) bond motifs is 1. The molecule has 0 atom stereocenters. The fourth-order valence-electron chi connectivity index (χ4n) is 2.20. The second-order valence-electron chi connectivity index (χ2n) is 4.94. The smallest absolute Gasteiger partial charge is 0.237 e. The van der Waals surface area contributed by atoms with Crippen LogP contribution in [0.3, 0.4) is 0 Å². The van der Waals surface area contributed by atoms with Crippen molar-refractivity contribution in [2.45, 2.75) is 37.5 Å². The van der Waals surface area contributed by atoms with E-state index in [0.29, 0.717) is 11.6 Å². The van der Waals surface area contributed by atoms with Crippen molar-refractivity contribution >= 4 is 22.7 Å². The Hall–Kier alpha value is -1.88. The van der Waals surface area contributed by atoms with Crippen molar-refractivity contribution in [3.05, 3.63) is 47.6 Å². The Morgan fingerprint density at radius 2 is 2.05 bits per heavy atom. The molecule has 3 aromatic rings. The van der Waals surface area contributed by atoms with Gasteiger partial charge in [-0.2, -0.15) is 4.98 Å². The number of hydrogen-bond donors (Lipinski definition) is 0. The third-order valence-electron chi connectivity index (χ3n) is 3.23. The van der Waals surface area contributed by atoms with Gasteiger partial charge >= 0.3 is 0 Å². The van der Waals surface area contributed by atoms with Crippen LogP contribution in [0.4, 0.5) is 0 Å². The van der Waals surface area contributed by atoms with Gasteiger partial charge < -0.3 is 4.52 Å². The Bertz CT molecular complexity index is 754. The predicted octanol–water partition coefficient (Wildman–Crippen LogP) is 4.17. The summed E-state index contributed by atoms with van der Waals surface area (Å²) in [4.78, 5) is 9.04.